The van der Waals surface area contributed by atoms with Crippen LogP contribution in [0, 0.1) is 0 Å². The Bertz CT molecular complexity index is 643. The molecule has 0 aliphatic rings. The summed E-state index contributed by atoms with van der Waals surface area (Å²) in [6.07, 6.45) is 2.54. The first kappa shape index (κ1) is 13.3. The van der Waals surface area contributed by atoms with E-state index in [1.54, 1.807) is 6.07 Å². The average molecular weight is 308 g/mol. The van der Waals surface area contributed by atoms with Crippen molar-refractivity contribution >= 4 is 33.2 Å². The number of hydrogen-bond acceptors (Lipinski definition) is 5. The van der Waals surface area contributed by atoms with Gasteiger partial charge in [0.25, 0.3) is 0 Å². The minimum absolute atomic E-state index is 0.0113. The van der Waals surface area contributed by atoms with Gasteiger partial charge in [0.15, 0.2) is 5.76 Å². The fourth-order valence-electron chi connectivity index (χ4n) is 1.13. The van der Waals surface area contributed by atoms with Crippen molar-refractivity contribution in [3.8, 4) is 0 Å². The minimum Gasteiger partial charge on any atom is -0.360 e. The minimum atomic E-state index is -3.72. The van der Waals surface area contributed by atoms with Gasteiger partial charge in [-0.3, -0.25) is 0 Å². The number of pyridine rings is 1. The lowest BCUT2D eigenvalue weighted by Crippen LogP contribution is -2.23. The van der Waals surface area contributed by atoms with Crippen LogP contribution in [0.25, 0.3) is 0 Å². The van der Waals surface area contributed by atoms with Crippen LogP contribution in [0.15, 0.2) is 33.9 Å². The zero-order valence-electron chi connectivity index (χ0n) is 8.80. The first-order valence-electron chi connectivity index (χ1n) is 4.69. The summed E-state index contributed by atoms with van der Waals surface area (Å²) in [5.74, 6) is 0.395. The second kappa shape index (κ2) is 5.23. The zero-order chi connectivity index (χ0) is 13.2. The van der Waals surface area contributed by atoms with Crippen LogP contribution in [0.3, 0.4) is 0 Å². The van der Waals surface area contributed by atoms with Crippen LogP contribution >= 0.6 is 23.2 Å². The van der Waals surface area contributed by atoms with E-state index in [2.05, 4.69) is 14.9 Å². The molecule has 18 heavy (non-hydrogen) atoms. The van der Waals surface area contributed by atoms with Crippen LogP contribution < -0.4 is 4.72 Å². The molecule has 0 saturated heterocycles. The molecule has 1 N–H and O–H groups in total. The highest BCUT2D eigenvalue weighted by atomic mass is 35.5. The molecule has 0 amide bonds. The van der Waals surface area contributed by atoms with Gasteiger partial charge >= 0.3 is 0 Å². The summed E-state index contributed by atoms with van der Waals surface area (Å²) in [6.45, 7) is -0.0113. The van der Waals surface area contributed by atoms with Gasteiger partial charge in [0.1, 0.15) is 10.0 Å². The first-order valence-corrected chi connectivity index (χ1v) is 6.93. The van der Waals surface area contributed by atoms with E-state index >= 15 is 0 Å². The molecule has 6 nitrogen and oxygen atoms in total. The summed E-state index contributed by atoms with van der Waals surface area (Å²) in [6, 6.07) is 2.77. The Morgan fingerprint density at radius 3 is 2.78 bits per heavy atom. The van der Waals surface area contributed by atoms with Crippen LogP contribution in [-0.2, 0) is 16.6 Å². The van der Waals surface area contributed by atoms with Crippen molar-refractivity contribution in [2.24, 2.45) is 0 Å². The number of rotatable bonds is 4. The molecule has 0 aliphatic heterocycles. The average Bonchev–Trinajstić information content (AvgIpc) is 2.83. The van der Waals surface area contributed by atoms with Gasteiger partial charge in [0, 0.05) is 12.3 Å². The Kier molecular flexibility index (Phi) is 3.86. The van der Waals surface area contributed by atoms with E-state index in [0.717, 1.165) is 6.20 Å². The second-order valence-corrected chi connectivity index (χ2v) is 5.78. The zero-order valence-corrected chi connectivity index (χ0v) is 11.1. The Morgan fingerprint density at radius 1 is 1.39 bits per heavy atom. The topological polar surface area (TPSA) is 85.1 Å². The van der Waals surface area contributed by atoms with Crippen LogP contribution in [0.2, 0.25) is 10.2 Å². The van der Waals surface area contributed by atoms with Gasteiger partial charge in [-0.25, -0.2) is 18.1 Å². The molecule has 96 valence electrons. The predicted molar refractivity (Wildman–Crippen MR) is 64.8 cm³/mol. The van der Waals surface area contributed by atoms with Gasteiger partial charge in [0.05, 0.1) is 17.8 Å². The molecular weight excluding hydrogens is 301 g/mol. The van der Waals surface area contributed by atoms with Gasteiger partial charge < -0.3 is 4.52 Å². The maximum Gasteiger partial charge on any atom is 0.242 e. The van der Waals surface area contributed by atoms with Crippen molar-refractivity contribution in [3.63, 3.8) is 0 Å². The number of nitrogens with one attached hydrogen (secondary N) is 1. The molecule has 0 fully saturated rings. The molecule has 2 aromatic heterocycles. The molecule has 0 saturated carbocycles. The van der Waals surface area contributed by atoms with Crippen LogP contribution in [0.5, 0.6) is 0 Å². The summed E-state index contributed by atoms with van der Waals surface area (Å²) in [5, 5.41) is 3.58. The van der Waals surface area contributed by atoms with Crippen molar-refractivity contribution < 1.29 is 12.9 Å². The molecule has 0 unspecified atom stereocenters. The molecule has 0 aromatic carbocycles. The first-order chi connectivity index (χ1) is 8.49. The molecule has 2 heterocycles. The molecule has 0 aliphatic carbocycles. The molecule has 0 spiro atoms. The third-order valence-corrected chi connectivity index (χ3v) is 4.06. The molecule has 0 bridgehead atoms. The maximum atomic E-state index is 11.9. The Morgan fingerprint density at radius 2 is 2.17 bits per heavy atom. The smallest absolute Gasteiger partial charge is 0.242 e. The summed E-state index contributed by atoms with van der Waals surface area (Å²) >= 11 is 11.3. The van der Waals surface area contributed by atoms with E-state index in [9.17, 15) is 8.42 Å². The summed E-state index contributed by atoms with van der Waals surface area (Å²) in [5.41, 5.74) is 0. The molecule has 9 heteroatoms. The molecule has 2 aromatic rings. The standard InChI is InChI=1S/C9H7Cl2N3O3S/c10-8-3-7(5-12-9(8)11)18(15,16)14-4-6-1-2-13-17-6/h1-3,5,14H,4H2. The van der Waals surface area contributed by atoms with E-state index in [1.807, 2.05) is 0 Å². The highest BCUT2D eigenvalue weighted by Gasteiger charge is 2.16. The quantitative estimate of drug-likeness (QED) is 0.871. The Balaban J connectivity index is 2.17. The Labute approximate surface area is 113 Å². The second-order valence-electron chi connectivity index (χ2n) is 3.25. The van der Waals surface area contributed by atoms with Gasteiger partial charge in [0.2, 0.25) is 10.0 Å². The summed E-state index contributed by atoms with van der Waals surface area (Å²) < 4.78 is 30.8. The molecule has 0 atom stereocenters. The highest BCUT2D eigenvalue weighted by molar-refractivity contribution is 7.89. The third kappa shape index (κ3) is 2.99. The Hall–Kier alpha value is -1.15. The molecular formula is C9H7Cl2N3O3S. The lowest BCUT2D eigenvalue weighted by Gasteiger charge is -2.05. The SMILES string of the molecule is O=S(=O)(NCc1ccno1)c1cnc(Cl)c(Cl)c1. The van der Waals surface area contributed by atoms with Crippen LogP contribution in [0.1, 0.15) is 5.76 Å². The van der Waals surface area contributed by atoms with Crippen LogP contribution in [-0.4, -0.2) is 18.6 Å². The van der Waals surface area contributed by atoms with Gasteiger partial charge in [-0.2, -0.15) is 0 Å². The highest BCUT2D eigenvalue weighted by Crippen LogP contribution is 2.22. The van der Waals surface area contributed by atoms with Crippen LogP contribution in [0.4, 0.5) is 0 Å². The third-order valence-electron chi connectivity index (χ3n) is 2.01. The number of nitrogens with zero attached hydrogens (tertiary/aromatic N) is 2. The molecule has 0 radical (unpaired) electrons. The maximum absolute atomic E-state index is 11.9. The normalized spacial score (nSPS) is 11.7. The van der Waals surface area contributed by atoms with Crippen molar-refractivity contribution in [1.82, 2.24) is 14.9 Å². The largest absolute Gasteiger partial charge is 0.360 e. The number of halogens is 2. The lowest BCUT2D eigenvalue weighted by atomic mass is 10.5. The fourth-order valence-corrected chi connectivity index (χ4v) is 2.43. The number of hydrogen-bond donors (Lipinski definition) is 1. The van der Waals surface area contributed by atoms with Gasteiger partial charge in [-0.1, -0.05) is 28.4 Å². The van der Waals surface area contributed by atoms with E-state index in [0.29, 0.717) is 5.76 Å². The predicted octanol–water partition coefficient (Wildman–Crippen LogP) is 1.85. The summed E-state index contributed by atoms with van der Waals surface area (Å²) in [4.78, 5) is 3.60. The van der Waals surface area contributed by atoms with Crippen molar-refractivity contribution in [1.29, 1.82) is 0 Å². The van der Waals surface area contributed by atoms with Gasteiger partial charge in [-0.15, -0.1) is 0 Å². The van der Waals surface area contributed by atoms with E-state index in [4.69, 9.17) is 27.7 Å². The van der Waals surface area contributed by atoms with Crippen molar-refractivity contribution in [2.75, 3.05) is 0 Å². The number of sulfonamides is 1. The fraction of sp³-hybridized carbons (Fsp3) is 0.111. The number of aromatic nitrogens is 2. The lowest BCUT2D eigenvalue weighted by molar-refractivity contribution is 0.380. The molecule has 2 rings (SSSR count). The van der Waals surface area contributed by atoms with Crippen molar-refractivity contribution in [3.05, 3.63) is 40.5 Å². The van der Waals surface area contributed by atoms with Gasteiger partial charge in [-0.05, 0) is 6.07 Å². The summed E-state index contributed by atoms with van der Waals surface area (Å²) in [7, 11) is -3.72. The van der Waals surface area contributed by atoms with E-state index < -0.39 is 10.0 Å². The van der Waals surface area contributed by atoms with E-state index in [1.165, 1.54) is 12.3 Å². The van der Waals surface area contributed by atoms with Crippen molar-refractivity contribution in [2.45, 2.75) is 11.4 Å². The monoisotopic (exact) mass is 307 g/mol. The van der Waals surface area contributed by atoms with E-state index in [-0.39, 0.29) is 21.6 Å².